The van der Waals surface area contributed by atoms with Crippen LogP contribution in [-0.2, 0) is 14.8 Å². The number of para-hydroxylation sites is 2. The van der Waals surface area contributed by atoms with Crippen LogP contribution in [0, 0.1) is 6.92 Å². The molecule has 1 saturated heterocycles. The lowest BCUT2D eigenvalue weighted by atomic mass is 10.2. The minimum absolute atomic E-state index is 0.110. The number of anilines is 1. The number of fused-ring (bicyclic) bond motifs is 2. The van der Waals surface area contributed by atoms with Gasteiger partial charge in [-0.3, -0.25) is 4.57 Å². The Kier molecular flexibility index (Phi) is 4.31. The first-order chi connectivity index (χ1) is 15.4. The predicted octanol–water partition coefficient (Wildman–Crippen LogP) is 2.64. The molecule has 4 heterocycles. The summed E-state index contributed by atoms with van der Waals surface area (Å²) in [5, 5.41) is 0.395. The van der Waals surface area contributed by atoms with Crippen LogP contribution in [0.1, 0.15) is 25.6 Å². The Morgan fingerprint density at radius 3 is 2.69 bits per heavy atom. The highest BCUT2D eigenvalue weighted by molar-refractivity contribution is 7.91. The molecule has 1 aliphatic heterocycles. The largest absolute Gasteiger partial charge is 0.377 e. The Morgan fingerprint density at radius 1 is 1.09 bits per heavy atom. The fourth-order valence-corrected chi connectivity index (χ4v) is 6.12. The Bertz CT molecular complexity index is 1450. The molecule has 3 aromatic heterocycles. The van der Waals surface area contributed by atoms with Gasteiger partial charge in [0.2, 0.25) is 16.0 Å². The molecule has 0 bridgehead atoms. The van der Waals surface area contributed by atoms with Gasteiger partial charge < -0.3 is 9.64 Å². The van der Waals surface area contributed by atoms with Crippen LogP contribution in [0.4, 0.5) is 5.82 Å². The van der Waals surface area contributed by atoms with E-state index >= 15 is 0 Å². The zero-order valence-electron chi connectivity index (χ0n) is 18.0. The number of aryl methyl sites for hydroxylation is 1. The molecule has 1 aromatic carbocycles. The highest BCUT2D eigenvalue weighted by Gasteiger charge is 2.38. The number of imidazole rings is 1. The third kappa shape index (κ3) is 2.93. The van der Waals surface area contributed by atoms with E-state index in [1.807, 2.05) is 41.8 Å². The molecular formula is C22H24N6O3S. The molecule has 1 saturated carbocycles. The molecule has 9 nitrogen and oxygen atoms in total. The van der Waals surface area contributed by atoms with Gasteiger partial charge in [-0.1, -0.05) is 12.1 Å². The zero-order chi connectivity index (χ0) is 22.0. The summed E-state index contributed by atoms with van der Waals surface area (Å²) in [6.45, 7) is 5.86. The molecule has 1 atom stereocenters. The lowest BCUT2D eigenvalue weighted by molar-refractivity contribution is 0.0987. The Morgan fingerprint density at radius 2 is 1.91 bits per heavy atom. The number of hydrogen-bond donors (Lipinski definition) is 0. The van der Waals surface area contributed by atoms with Gasteiger partial charge >= 0.3 is 0 Å². The number of hydrogen-bond acceptors (Lipinski definition) is 7. The number of aromatic nitrogens is 5. The number of benzene rings is 1. The van der Waals surface area contributed by atoms with Crippen molar-refractivity contribution in [1.29, 1.82) is 0 Å². The average Bonchev–Trinajstić information content (AvgIpc) is 3.47. The van der Waals surface area contributed by atoms with Crippen LogP contribution in [0.25, 0.3) is 28.0 Å². The van der Waals surface area contributed by atoms with Gasteiger partial charge in [0.25, 0.3) is 0 Å². The summed E-state index contributed by atoms with van der Waals surface area (Å²) in [7, 11) is -3.49. The van der Waals surface area contributed by atoms with Crippen LogP contribution >= 0.6 is 0 Å². The summed E-state index contributed by atoms with van der Waals surface area (Å²) in [6.07, 6.45) is 3.00. The molecule has 6 rings (SSSR count). The average molecular weight is 453 g/mol. The maximum atomic E-state index is 13.1. The lowest BCUT2D eigenvalue weighted by Gasteiger charge is -2.34. The first-order valence-corrected chi connectivity index (χ1v) is 12.4. The van der Waals surface area contributed by atoms with E-state index in [0.717, 1.165) is 28.1 Å². The third-order valence-electron chi connectivity index (χ3n) is 6.27. The zero-order valence-corrected chi connectivity index (χ0v) is 18.8. The van der Waals surface area contributed by atoms with Crippen LogP contribution in [0.15, 0.2) is 36.5 Å². The Hall–Kier alpha value is -2.98. The van der Waals surface area contributed by atoms with Crippen molar-refractivity contribution in [2.75, 3.05) is 24.7 Å². The fourth-order valence-electron chi connectivity index (χ4n) is 4.46. The van der Waals surface area contributed by atoms with Gasteiger partial charge in [-0.15, -0.1) is 0 Å². The van der Waals surface area contributed by atoms with Gasteiger partial charge in [0, 0.05) is 12.7 Å². The summed E-state index contributed by atoms with van der Waals surface area (Å²) in [4.78, 5) is 16.6. The van der Waals surface area contributed by atoms with Gasteiger partial charge in [0.15, 0.2) is 5.65 Å². The molecule has 166 valence electrons. The van der Waals surface area contributed by atoms with Crippen LogP contribution in [0.3, 0.4) is 0 Å². The second kappa shape index (κ2) is 7.01. The van der Waals surface area contributed by atoms with Gasteiger partial charge in [0.05, 0.1) is 40.9 Å². The van der Waals surface area contributed by atoms with E-state index in [1.54, 1.807) is 6.20 Å². The van der Waals surface area contributed by atoms with Crippen LogP contribution in [-0.4, -0.2) is 63.0 Å². The fraction of sp³-hybridized carbons (Fsp3) is 0.409. The van der Waals surface area contributed by atoms with Crippen LogP contribution in [0.2, 0.25) is 0 Å². The second-order valence-corrected chi connectivity index (χ2v) is 10.6. The monoisotopic (exact) mass is 452 g/mol. The minimum atomic E-state index is -3.49. The summed E-state index contributed by atoms with van der Waals surface area (Å²) in [5.41, 5.74) is 2.14. The van der Waals surface area contributed by atoms with Crippen molar-refractivity contribution in [2.24, 2.45) is 0 Å². The molecule has 2 fully saturated rings. The first-order valence-electron chi connectivity index (χ1n) is 10.9. The quantitative estimate of drug-likeness (QED) is 0.470. The molecular weight excluding hydrogens is 428 g/mol. The maximum Gasteiger partial charge on any atom is 0.243 e. The normalized spacial score (nSPS) is 19.8. The van der Waals surface area contributed by atoms with Crippen molar-refractivity contribution in [1.82, 2.24) is 23.5 Å². The summed E-state index contributed by atoms with van der Waals surface area (Å²) in [5.74, 6) is 1.89. The van der Waals surface area contributed by atoms with Crippen LogP contribution in [0.5, 0.6) is 0 Å². The topological polar surface area (TPSA) is 95.1 Å². The van der Waals surface area contributed by atoms with Gasteiger partial charge in [-0.05, 0) is 44.9 Å². The van der Waals surface area contributed by atoms with E-state index < -0.39 is 10.0 Å². The molecule has 32 heavy (non-hydrogen) atoms. The van der Waals surface area contributed by atoms with Crippen molar-refractivity contribution in [3.63, 3.8) is 0 Å². The SMILES string of the molecule is Cc1nc2ccccc2n1-c1nc(N2CCOC[C@H]2C)c2ccn(S(=O)(=O)C3CC3)c2n1. The molecule has 4 aromatic rings. The van der Waals surface area contributed by atoms with E-state index in [9.17, 15) is 8.42 Å². The molecule has 0 amide bonds. The van der Waals surface area contributed by atoms with E-state index in [4.69, 9.17) is 14.7 Å². The predicted molar refractivity (Wildman–Crippen MR) is 122 cm³/mol. The molecule has 0 N–H and O–H groups in total. The van der Waals surface area contributed by atoms with E-state index in [-0.39, 0.29) is 11.3 Å². The number of rotatable bonds is 4. The summed E-state index contributed by atoms with van der Waals surface area (Å²) >= 11 is 0. The van der Waals surface area contributed by atoms with Crippen molar-refractivity contribution in [3.8, 4) is 5.95 Å². The molecule has 0 spiro atoms. The Balaban J connectivity index is 1.64. The number of nitrogens with zero attached hydrogens (tertiary/aromatic N) is 6. The smallest absolute Gasteiger partial charge is 0.243 e. The van der Waals surface area contributed by atoms with Crippen molar-refractivity contribution in [2.45, 2.75) is 38.0 Å². The van der Waals surface area contributed by atoms with Gasteiger partial charge in [0.1, 0.15) is 11.6 Å². The molecule has 0 unspecified atom stereocenters. The van der Waals surface area contributed by atoms with E-state index in [1.165, 1.54) is 3.97 Å². The lowest BCUT2D eigenvalue weighted by Crippen LogP contribution is -2.44. The highest BCUT2D eigenvalue weighted by Crippen LogP contribution is 2.35. The van der Waals surface area contributed by atoms with Crippen molar-refractivity contribution >= 4 is 37.9 Å². The van der Waals surface area contributed by atoms with E-state index in [0.29, 0.717) is 44.2 Å². The minimum Gasteiger partial charge on any atom is -0.377 e. The standard InChI is InChI=1S/C22H24N6O3S/c1-14-13-31-12-11-26(14)20-17-9-10-27(32(29,30)16-7-8-16)21(17)25-22(24-20)28-15(2)23-18-5-3-4-6-19(18)28/h3-6,9-10,14,16H,7-8,11-13H2,1-2H3/t14-/m1/s1. The van der Waals surface area contributed by atoms with E-state index in [2.05, 4.69) is 16.8 Å². The second-order valence-electron chi connectivity index (χ2n) is 8.54. The van der Waals surface area contributed by atoms with Gasteiger partial charge in [-0.25, -0.2) is 17.4 Å². The summed E-state index contributed by atoms with van der Waals surface area (Å²) < 4.78 is 35.2. The van der Waals surface area contributed by atoms with Crippen LogP contribution < -0.4 is 4.90 Å². The third-order valence-corrected chi connectivity index (χ3v) is 8.42. The highest BCUT2D eigenvalue weighted by atomic mass is 32.2. The molecule has 10 heteroatoms. The number of ether oxygens (including phenoxy) is 1. The molecule has 1 aliphatic carbocycles. The van der Waals surface area contributed by atoms with Crippen molar-refractivity contribution < 1.29 is 13.2 Å². The Labute approximate surface area is 185 Å². The molecule has 0 radical (unpaired) electrons. The first kappa shape index (κ1) is 19.7. The van der Waals surface area contributed by atoms with Crippen molar-refractivity contribution in [3.05, 3.63) is 42.4 Å². The number of morpholine rings is 1. The summed E-state index contributed by atoms with van der Waals surface area (Å²) in [6, 6.07) is 9.73. The molecule has 2 aliphatic rings. The van der Waals surface area contributed by atoms with Gasteiger partial charge in [-0.2, -0.15) is 9.97 Å². The maximum absolute atomic E-state index is 13.1.